The molecule has 3 saturated heterocycles. The van der Waals surface area contributed by atoms with Gasteiger partial charge in [-0.05, 0) is 114 Å². The Morgan fingerprint density at radius 2 is 1.40 bits per heavy atom. The van der Waals surface area contributed by atoms with E-state index in [1.165, 1.54) is 18.9 Å². The maximum Gasteiger partial charge on any atom is 0.329 e. The SMILES string of the molecule is CO[C@H]1C[C@@H]2CC[C@@H](C)[C@@](O)(O2)C(=O)C(=O)N2CCCC[C@H]2C(=O)O[C@H]([C@H](C)C[C@@H]2CC[C@@H](OC(=O)C3(C)COC(c4ccccc4)(c4ccccc4)OC3)[C@H](OC)C2)CC(=O)[C@H](C)/C=C(\C)[C@@H](OC(C)=O)[C@@H](OC)C(=O)[C@H](C)C[C@H](C)/C=C/C=CC=C1C. The second-order valence-electron chi connectivity index (χ2n) is 26.0. The van der Waals surface area contributed by atoms with Crippen molar-refractivity contribution in [3.8, 4) is 0 Å². The van der Waals surface area contributed by atoms with Crippen LogP contribution in [0.3, 0.4) is 0 Å². The Balaban J connectivity index is 1.13. The van der Waals surface area contributed by atoms with Crippen LogP contribution in [-0.2, 0) is 82.0 Å². The predicted molar refractivity (Wildman–Crippen MR) is 332 cm³/mol. The normalized spacial score (nSPS) is 33.7. The maximum atomic E-state index is 14.9. The highest BCUT2D eigenvalue weighted by Gasteiger charge is 2.54. The first-order valence-corrected chi connectivity index (χ1v) is 32.0. The average Bonchev–Trinajstić information content (AvgIpc) is 1.14. The van der Waals surface area contributed by atoms with Crippen LogP contribution in [-0.4, -0.2) is 147 Å². The molecule has 0 unspecified atom stereocenters. The number of allylic oxidation sites excluding steroid dienone is 6. The molecule has 1 amide bonds. The number of hydrogen-bond donors (Lipinski definition) is 1. The molecule has 1 saturated carbocycles. The van der Waals surface area contributed by atoms with Crippen molar-refractivity contribution >= 4 is 41.2 Å². The molecular formula is C71H97NO17. The first kappa shape index (κ1) is 70.5. The number of methoxy groups -OCH3 is 3. The molecule has 4 heterocycles. The van der Waals surface area contributed by atoms with E-state index in [-0.39, 0.29) is 62.4 Å². The van der Waals surface area contributed by atoms with Crippen molar-refractivity contribution < 1.29 is 81.3 Å². The van der Waals surface area contributed by atoms with Gasteiger partial charge in [-0.25, -0.2) is 4.79 Å². The van der Waals surface area contributed by atoms with Crippen molar-refractivity contribution in [2.45, 2.75) is 200 Å². The number of benzene rings is 2. The quantitative estimate of drug-likeness (QED) is 0.0955. The third-order valence-electron chi connectivity index (χ3n) is 19.0. The molecule has 5 aliphatic rings. The number of Topliss-reactive ketones (excluding diaryl/α,β-unsaturated/α-hetero) is 3. The molecule has 15 atom stereocenters. The number of piperidine rings is 1. The number of ketones is 3. The maximum absolute atomic E-state index is 14.9. The molecule has 2 aromatic rings. The lowest BCUT2D eigenvalue weighted by Gasteiger charge is -2.45. The number of carbonyl (C=O) groups is 7. The number of cyclic esters (lactones) is 1. The monoisotopic (exact) mass is 1240 g/mol. The van der Waals surface area contributed by atoms with E-state index < -0.39 is 119 Å². The molecule has 2 aromatic carbocycles. The van der Waals surface area contributed by atoms with E-state index in [0.717, 1.165) is 16.7 Å². The molecule has 4 aliphatic heterocycles. The third kappa shape index (κ3) is 17.3. The Hall–Kier alpha value is -5.99. The molecule has 89 heavy (non-hydrogen) atoms. The van der Waals surface area contributed by atoms with Crippen molar-refractivity contribution in [1.82, 2.24) is 4.90 Å². The fraction of sp³-hybridized carbons (Fsp3) is 0.620. The van der Waals surface area contributed by atoms with E-state index in [9.17, 15) is 38.7 Å². The number of aliphatic hydroxyl groups is 1. The first-order valence-electron chi connectivity index (χ1n) is 32.0. The Kier molecular flexibility index (Phi) is 25.2. The van der Waals surface area contributed by atoms with Crippen molar-refractivity contribution in [1.29, 1.82) is 0 Å². The molecule has 18 nitrogen and oxygen atoms in total. The number of ether oxygens (including phenoxy) is 9. The smallest absolute Gasteiger partial charge is 0.329 e. The van der Waals surface area contributed by atoms with Gasteiger partial charge in [-0.2, -0.15) is 0 Å². The summed E-state index contributed by atoms with van der Waals surface area (Å²) in [6, 6.07) is 18.0. The molecule has 4 fully saturated rings. The number of carbonyl (C=O) groups excluding carboxylic acids is 7. The molecule has 488 valence electrons. The minimum atomic E-state index is -2.48. The first-order chi connectivity index (χ1) is 42.4. The number of rotatable bonds is 11. The Bertz CT molecular complexity index is 2830. The van der Waals surface area contributed by atoms with Crippen LogP contribution in [0.25, 0.3) is 0 Å². The van der Waals surface area contributed by atoms with Gasteiger partial charge in [0.15, 0.2) is 18.0 Å². The third-order valence-corrected chi connectivity index (χ3v) is 19.0. The molecule has 1 N–H and O–H groups in total. The lowest BCUT2D eigenvalue weighted by molar-refractivity contribution is -0.288. The van der Waals surface area contributed by atoms with Gasteiger partial charge in [0, 0.05) is 76.5 Å². The van der Waals surface area contributed by atoms with Crippen molar-refractivity contribution in [2.24, 2.45) is 40.9 Å². The summed E-state index contributed by atoms with van der Waals surface area (Å²) in [7, 11) is 4.53. The molecule has 1 aliphatic carbocycles. The van der Waals surface area contributed by atoms with Crippen molar-refractivity contribution in [3.05, 3.63) is 119 Å². The van der Waals surface area contributed by atoms with Gasteiger partial charge in [-0.3, -0.25) is 28.8 Å². The van der Waals surface area contributed by atoms with E-state index in [1.54, 1.807) is 48.0 Å². The standard InChI is InChI=1S/C71H97NO17/c1-44-24-16-13-17-25-45(2)59(81-10)40-55-33-31-50(7)70(80,89-55)65(76)66(77)72-35-23-22-30-56(72)67(78)87-60(41-57(74)46(3)37-49(6)63(86-51(8)73)64(83-12)62(75)48(5)36-44)47(4)38-52-32-34-58(61(39-52)82-11)88-68(79)69(9)42-84-71(85-43-69,53-26-18-14-19-27-53)54-28-20-15-21-29-54/h13-21,24-29,37,44,46-48,50,52,55-56,58-61,63-64,80H,22-23,30-36,38-43H2,1-12H3/b17-13?,24-16+,45-25?,49-37+/t44-,46-,47-,48-,50-,52+,55+,56+,58-,59+,60+,61-,63-,64+,70-/m1/s1. The van der Waals surface area contributed by atoms with Gasteiger partial charge in [0.25, 0.3) is 11.7 Å². The number of hydrogen-bond acceptors (Lipinski definition) is 17. The fourth-order valence-electron chi connectivity index (χ4n) is 13.4. The number of nitrogens with zero attached hydrogens (tertiary/aromatic N) is 1. The molecule has 2 bridgehead atoms. The van der Waals surface area contributed by atoms with Gasteiger partial charge in [-0.15, -0.1) is 0 Å². The van der Waals surface area contributed by atoms with Gasteiger partial charge in [0.2, 0.25) is 11.6 Å². The van der Waals surface area contributed by atoms with Gasteiger partial charge in [-0.1, -0.05) is 132 Å². The van der Waals surface area contributed by atoms with E-state index >= 15 is 0 Å². The van der Waals surface area contributed by atoms with E-state index in [0.29, 0.717) is 63.4 Å². The summed E-state index contributed by atoms with van der Waals surface area (Å²) in [6.07, 6.45) is 10.1. The minimum Gasteiger partial charge on any atom is -0.460 e. The zero-order valence-corrected chi connectivity index (χ0v) is 54.4. The largest absolute Gasteiger partial charge is 0.460 e. The summed E-state index contributed by atoms with van der Waals surface area (Å²) < 4.78 is 55.7. The van der Waals surface area contributed by atoms with Crippen LogP contribution in [0.2, 0.25) is 0 Å². The summed E-state index contributed by atoms with van der Waals surface area (Å²) in [6.45, 7) is 15.7. The highest BCUT2D eigenvalue weighted by atomic mass is 16.7. The zero-order chi connectivity index (χ0) is 64.8. The summed E-state index contributed by atoms with van der Waals surface area (Å²) in [5.74, 6) is -11.1. The molecule has 18 heteroatoms. The minimum absolute atomic E-state index is 0.0230. The van der Waals surface area contributed by atoms with Crippen LogP contribution in [0.1, 0.15) is 150 Å². The van der Waals surface area contributed by atoms with Crippen molar-refractivity contribution in [2.75, 3.05) is 41.1 Å². The highest BCUT2D eigenvalue weighted by molar-refractivity contribution is 6.39. The second-order valence-corrected chi connectivity index (χ2v) is 26.0. The molecule has 0 spiro atoms. The fourth-order valence-corrected chi connectivity index (χ4v) is 13.4. The number of amides is 1. The highest BCUT2D eigenvalue weighted by Crippen LogP contribution is 2.44. The van der Waals surface area contributed by atoms with Crippen LogP contribution in [0.5, 0.6) is 0 Å². The molecular weight excluding hydrogens is 1140 g/mol. The Labute approximate surface area is 526 Å². The Morgan fingerprint density at radius 3 is 2.02 bits per heavy atom. The lowest BCUT2D eigenvalue weighted by Crippen LogP contribution is -2.61. The molecule has 0 radical (unpaired) electrons. The van der Waals surface area contributed by atoms with Gasteiger partial charge in [0.1, 0.15) is 29.4 Å². The molecule has 0 aromatic heterocycles. The van der Waals surface area contributed by atoms with Crippen LogP contribution < -0.4 is 0 Å². The number of esters is 3. The summed E-state index contributed by atoms with van der Waals surface area (Å²) >= 11 is 0. The van der Waals surface area contributed by atoms with Crippen LogP contribution in [0.4, 0.5) is 0 Å². The topological polar surface area (TPSA) is 226 Å². The zero-order valence-electron chi connectivity index (χ0n) is 54.4. The average molecular weight is 1240 g/mol. The van der Waals surface area contributed by atoms with Crippen LogP contribution in [0.15, 0.2) is 108 Å². The van der Waals surface area contributed by atoms with Gasteiger partial charge in [0.05, 0.1) is 31.5 Å². The van der Waals surface area contributed by atoms with E-state index in [4.69, 9.17) is 42.6 Å². The number of fused-ring (bicyclic) bond motifs is 3. The predicted octanol–water partition coefficient (Wildman–Crippen LogP) is 10.3. The van der Waals surface area contributed by atoms with Crippen molar-refractivity contribution in [3.63, 3.8) is 0 Å². The second kappa shape index (κ2) is 31.8. The lowest BCUT2D eigenvalue weighted by atomic mass is 9.78. The van der Waals surface area contributed by atoms with E-state index in [2.05, 4.69) is 0 Å². The van der Waals surface area contributed by atoms with Crippen LogP contribution in [0, 0.1) is 40.9 Å². The van der Waals surface area contributed by atoms with Gasteiger partial charge < -0.3 is 52.6 Å². The summed E-state index contributed by atoms with van der Waals surface area (Å²) in [5, 5.41) is 12.2. The summed E-state index contributed by atoms with van der Waals surface area (Å²) in [5.41, 5.74) is 1.71. The van der Waals surface area contributed by atoms with Gasteiger partial charge >= 0.3 is 17.9 Å². The van der Waals surface area contributed by atoms with E-state index in [1.807, 2.05) is 119 Å². The summed E-state index contributed by atoms with van der Waals surface area (Å²) in [4.78, 5) is 101. The van der Waals surface area contributed by atoms with Crippen LogP contribution >= 0.6 is 0 Å². The Morgan fingerprint density at radius 1 is 0.742 bits per heavy atom. The molecule has 7 rings (SSSR count).